The van der Waals surface area contributed by atoms with E-state index in [9.17, 15) is 19.3 Å². The Morgan fingerprint density at radius 2 is 2.11 bits per heavy atom. The maximum Gasteiger partial charge on any atom is 0.294 e. The van der Waals surface area contributed by atoms with Crippen molar-refractivity contribution in [2.75, 3.05) is 7.05 Å². The first-order valence-corrected chi connectivity index (χ1v) is 8.62. The molecular formula is C18H14BrFN4O3. The Bertz CT molecular complexity index is 1010. The molecule has 0 radical (unpaired) electrons. The van der Waals surface area contributed by atoms with Gasteiger partial charge in [0, 0.05) is 47.7 Å². The van der Waals surface area contributed by atoms with Gasteiger partial charge in [-0.05, 0) is 30.3 Å². The molecule has 0 unspecified atom stereocenters. The van der Waals surface area contributed by atoms with E-state index in [1.807, 2.05) is 0 Å². The second-order valence-corrected chi connectivity index (χ2v) is 6.74. The molecular weight excluding hydrogens is 419 g/mol. The third-order valence-electron chi connectivity index (χ3n) is 3.96. The van der Waals surface area contributed by atoms with E-state index in [1.54, 1.807) is 18.3 Å². The zero-order valence-corrected chi connectivity index (χ0v) is 15.8. The highest BCUT2D eigenvalue weighted by Crippen LogP contribution is 2.25. The molecule has 0 aliphatic carbocycles. The lowest BCUT2D eigenvalue weighted by atomic mass is 10.1. The number of hydrogen-bond acceptors (Lipinski definition) is 4. The Labute approximate surface area is 162 Å². The average Bonchev–Trinajstić information content (AvgIpc) is 3.18. The van der Waals surface area contributed by atoms with Crippen molar-refractivity contribution in [3.8, 4) is 5.69 Å². The Kier molecular flexibility index (Phi) is 5.31. The Morgan fingerprint density at radius 3 is 2.78 bits per heavy atom. The lowest BCUT2D eigenvalue weighted by Crippen LogP contribution is -2.26. The molecule has 0 N–H and O–H groups in total. The van der Waals surface area contributed by atoms with E-state index in [0.717, 1.165) is 0 Å². The number of nitro benzene ring substituents is 1. The fourth-order valence-corrected chi connectivity index (χ4v) is 3.04. The van der Waals surface area contributed by atoms with Crippen molar-refractivity contribution < 1.29 is 14.1 Å². The Balaban J connectivity index is 1.89. The number of imidazole rings is 1. The second-order valence-electron chi connectivity index (χ2n) is 5.83. The zero-order valence-electron chi connectivity index (χ0n) is 14.2. The third-order valence-corrected chi connectivity index (χ3v) is 4.46. The van der Waals surface area contributed by atoms with Gasteiger partial charge in [-0.15, -0.1) is 0 Å². The number of aromatic nitrogens is 2. The molecule has 7 nitrogen and oxygen atoms in total. The van der Waals surface area contributed by atoms with Gasteiger partial charge >= 0.3 is 0 Å². The van der Waals surface area contributed by atoms with Crippen LogP contribution in [-0.2, 0) is 6.54 Å². The van der Waals surface area contributed by atoms with Gasteiger partial charge in [0.2, 0.25) is 0 Å². The van der Waals surface area contributed by atoms with Crippen LogP contribution in [0.1, 0.15) is 15.9 Å². The fraction of sp³-hybridized carbons (Fsp3) is 0.111. The van der Waals surface area contributed by atoms with Crippen molar-refractivity contribution in [2.45, 2.75) is 6.54 Å². The van der Waals surface area contributed by atoms with E-state index < -0.39 is 16.6 Å². The van der Waals surface area contributed by atoms with Crippen LogP contribution in [0.4, 0.5) is 10.1 Å². The van der Waals surface area contributed by atoms with Crippen LogP contribution in [0, 0.1) is 15.9 Å². The van der Waals surface area contributed by atoms with Crippen LogP contribution in [0.25, 0.3) is 5.69 Å². The van der Waals surface area contributed by atoms with Gasteiger partial charge in [-0.2, -0.15) is 0 Å². The summed E-state index contributed by atoms with van der Waals surface area (Å²) in [5.74, 6) is -0.881. The van der Waals surface area contributed by atoms with Crippen LogP contribution >= 0.6 is 15.9 Å². The van der Waals surface area contributed by atoms with E-state index in [0.29, 0.717) is 15.7 Å². The second kappa shape index (κ2) is 7.67. The van der Waals surface area contributed by atoms with Crippen LogP contribution in [0.5, 0.6) is 0 Å². The number of amides is 1. The molecule has 3 rings (SSSR count). The summed E-state index contributed by atoms with van der Waals surface area (Å²) in [6, 6.07) is 8.66. The molecule has 1 heterocycles. The van der Waals surface area contributed by atoms with E-state index in [-0.39, 0.29) is 17.8 Å². The minimum Gasteiger partial charge on any atom is -0.337 e. The van der Waals surface area contributed by atoms with Gasteiger partial charge in [-0.1, -0.05) is 15.9 Å². The number of carbonyl (C=O) groups is 1. The molecule has 0 fully saturated rings. The molecule has 3 aromatic rings. The predicted octanol–water partition coefficient (Wildman–Crippen LogP) is 3.95. The largest absolute Gasteiger partial charge is 0.337 e. The summed E-state index contributed by atoms with van der Waals surface area (Å²) in [4.78, 5) is 28.7. The van der Waals surface area contributed by atoms with Crippen LogP contribution in [0.3, 0.4) is 0 Å². The first-order chi connectivity index (χ1) is 12.9. The smallest absolute Gasteiger partial charge is 0.294 e. The first-order valence-electron chi connectivity index (χ1n) is 7.83. The number of nitrogens with zero attached hydrogens (tertiary/aromatic N) is 4. The first kappa shape index (κ1) is 18.7. The van der Waals surface area contributed by atoms with Gasteiger partial charge in [0.05, 0.1) is 11.3 Å². The molecule has 2 aromatic carbocycles. The molecule has 1 amide bonds. The molecule has 27 heavy (non-hydrogen) atoms. The molecule has 0 saturated heterocycles. The number of nitro groups is 1. The number of benzene rings is 2. The number of carbonyl (C=O) groups excluding carboxylic acids is 1. The van der Waals surface area contributed by atoms with E-state index in [4.69, 9.17) is 0 Å². The number of rotatable bonds is 5. The highest BCUT2D eigenvalue weighted by molar-refractivity contribution is 9.10. The number of halogens is 2. The quantitative estimate of drug-likeness (QED) is 0.451. The SMILES string of the molecule is CN(Cc1cc(Br)ccc1F)C(=O)c1ccc(-n2ccnc2)c([N+](=O)[O-])c1. The van der Waals surface area contributed by atoms with Crippen LogP contribution < -0.4 is 0 Å². The standard InChI is InChI=1S/C18H14BrFN4O3/c1-22(10-13-8-14(19)3-4-15(13)20)18(25)12-2-5-16(17(9-12)24(26)27)23-7-6-21-11-23/h2-9,11H,10H2,1H3. The van der Waals surface area contributed by atoms with Crippen molar-refractivity contribution in [3.05, 3.63) is 86.7 Å². The summed E-state index contributed by atoms with van der Waals surface area (Å²) in [5, 5.41) is 11.4. The molecule has 1 aromatic heterocycles. The topological polar surface area (TPSA) is 81.3 Å². The number of hydrogen-bond donors (Lipinski definition) is 0. The van der Waals surface area contributed by atoms with Gasteiger partial charge in [-0.25, -0.2) is 9.37 Å². The zero-order chi connectivity index (χ0) is 19.6. The van der Waals surface area contributed by atoms with Crippen LogP contribution in [-0.4, -0.2) is 32.3 Å². The minimum absolute atomic E-state index is 0.0289. The van der Waals surface area contributed by atoms with Gasteiger partial charge in [-0.3, -0.25) is 14.9 Å². The molecule has 0 spiro atoms. The summed E-state index contributed by atoms with van der Waals surface area (Å²) < 4.78 is 16.1. The summed E-state index contributed by atoms with van der Waals surface area (Å²) in [7, 11) is 1.51. The lowest BCUT2D eigenvalue weighted by Gasteiger charge is -2.18. The fourth-order valence-electron chi connectivity index (χ4n) is 2.63. The predicted molar refractivity (Wildman–Crippen MR) is 100 cm³/mol. The van der Waals surface area contributed by atoms with Crippen molar-refractivity contribution in [3.63, 3.8) is 0 Å². The summed E-state index contributed by atoms with van der Waals surface area (Å²) in [6.07, 6.45) is 4.51. The summed E-state index contributed by atoms with van der Waals surface area (Å²) in [5.41, 5.74) is 0.559. The highest BCUT2D eigenvalue weighted by atomic mass is 79.9. The molecule has 138 valence electrons. The van der Waals surface area contributed by atoms with Gasteiger partial charge in [0.1, 0.15) is 11.5 Å². The van der Waals surface area contributed by atoms with Crippen molar-refractivity contribution >= 4 is 27.5 Å². The molecule has 0 bridgehead atoms. The van der Waals surface area contributed by atoms with Gasteiger partial charge in [0.15, 0.2) is 0 Å². The minimum atomic E-state index is -0.555. The van der Waals surface area contributed by atoms with Gasteiger partial charge < -0.3 is 9.47 Å². The molecule has 0 atom stereocenters. The summed E-state index contributed by atoms with van der Waals surface area (Å²) >= 11 is 3.27. The molecule has 9 heteroatoms. The lowest BCUT2D eigenvalue weighted by molar-refractivity contribution is -0.384. The van der Waals surface area contributed by atoms with Crippen LogP contribution in [0.15, 0.2) is 59.6 Å². The van der Waals surface area contributed by atoms with E-state index in [1.165, 1.54) is 53.3 Å². The van der Waals surface area contributed by atoms with Crippen molar-refractivity contribution in [1.29, 1.82) is 0 Å². The molecule has 0 aliphatic heterocycles. The molecule has 0 saturated carbocycles. The monoisotopic (exact) mass is 432 g/mol. The molecule has 0 aliphatic rings. The van der Waals surface area contributed by atoms with E-state index >= 15 is 0 Å². The highest BCUT2D eigenvalue weighted by Gasteiger charge is 2.21. The third kappa shape index (κ3) is 4.03. The Hall–Kier alpha value is -3.07. The van der Waals surface area contributed by atoms with Crippen molar-refractivity contribution in [2.24, 2.45) is 0 Å². The normalized spacial score (nSPS) is 10.6. The maximum absolute atomic E-state index is 13.9. The Morgan fingerprint density at radius 1 is 1.33 bits per heavy atom. The maximum atomic E-state index is 13.9. The van der Waals surface area contributed by atoms with Gasteiger partial charge in [0.25, 0.3) is 11.6 Å². The summed E-state index contributed by atoms with van der Waals surface area (Å²) in [6.45, 7) is 0.0289. The average molecular weight is 433 g/mol. The van der Waals surface area contributed by atoms with Crippen LogP contribution in [0.2, 0.25) is 0 Å². The van der Waals surface area contributed by atoms with Crippen molar-refractivity contribution in [1.82, 2.24) is 14.5 Å². The van der Waals surface area contributed by atoms with E-state index in [2.05, 4.69) is 20.9 Å².